The number of carbonyl (C=O) groups excluding carboxylic acids is 4. The number of imide groups is 2. The van der Waals surface area contributed by atoms with Crippen LogP contribution in [0.4, 0.5) is 5.69 Å². The molecule has 212 valence electrons. The van der Waals surface area contributed by atoms with E-state index in [4.69, 9.17) is 11.6 Å². The van der Waals surface area contributed by atoms with Gasteiger partial charge in [-0.25, -0.2) is 4.90 Å². The normalized spacial score (nSPS) is 30.2. The lowest BCUT2D eigenvalue weighted by Gasteiger charge is -2.50. The molecule has 6 unspecified atom stereocenters. The smallest absolute Gasteiger partial charge is 0.246 e. The maximum Gasteiger partial charge on any atom is 0.246 e. The maximum atomic E-state index is 15.0. The number of anilines is 1. The molecule has 3 aromatic rings. The number of likely N-dealkylation sites (tertiary alicyclic amines) is 1. The summed E-state index contributed by atoms with van der Waals surface area (Å²) in [4.78, 5) is 59.1. The number of carbonyl (C=O) groups is 4. The van der Waals surface area contributed by atoms with E-state index in [1.807, 2.05) is 36.4 Å². The number of phenols is 1. The molecule has 0 spiro atoms. The van der Waals surface area contributed by atoms with Crippen molar-refractivity contribution >= 4 is 40.9 Å². The van der Waals surface area contributed by atoms with Gasteiger partial charge in [0.1, 0.15) is 5.75 Å². The molecule has 6 atom stereocenters. The average molecular weight is 581 g/mol. The van der Waals surface area contributed by atoms with Gasteiger partial charge in [-0.05, 0) is 67.1 Å². The number of aromatic hydroxyl groups is 1. The number of hydrogen-bond acceptors (Lipinski definition) is 5. The first kappa shape index (κ1) is 26.7. The average Bonchev–Trinajstić information content (AvgIpc) is 3.38. The third kappa shape index (κ3) is 3.52. The highest BCUT2D eigenvalue weighted by Crippen LogP contribution is 2.64. The number of rotatable bonds is 4. The van der Waals surface area contributed by atoms with E-state index in [1.54, 1.807) is 55.5 Å². The number of nitrogens with zero attached hydrogens (tertiary/aromatic N) is 2. The van der Waals surface area contributed by atoms with Crippen LogP contribution < -0.4 is 4.90 Å². The Morgan fingerprint density at radius 2 is 1.62 bits per heavy atom. The molecule has 2 saturated heterocycles. The zero-order valence-corrected chi connectivity index (χ0v) is 23.7. The number of phenolic OH excluding ortho intramolecular Hbond substituents is 1. The first-order valence-corrected chi connectivity index (χ1v) is 14.7. The van der Waals surface area contributed by atoms with Crippen LogP contribution in [-0.4, -0.2) is 40.2 Å². The molecule has 2 aliphatic heterocycles. The predicted octanol–water partition coefficient (Wildman–Crippen LogP) is 5.23. The van der Waals surface area contributed by atoms with E-state index in [-0.39, 0.29) is 35.8 Å². The Kier molecular flexibility index (Phi) is 6.13. The molecule has 0 bridgehead atoms. The van der Waals surface area contributed by atoms with Crippen LogP contribution in [0.3, 0.4) is 0 Å². The molecule has 1 saturated carbocycles. The van der Waals surface area contributed by atoms with E-state index in [9.17, 15) is 19.5 Å². The summed E-state index contributed by atoms with van der Waals surface area (Å²) in [6.07, 6.45) is 2.69. The third-order valence-corrected chi connectivity index (χ3v) is 10.0. The van der Waals surface area contributed by atoms with Crippen LogP contribution in [0.25, 0.3) is 0 Å². The molecule has 3 aromatic carbocycles. The minimum atomic E-state index is -1.32. The number of benzene rings is 3. The molecule has 42 heavy (non-hydrogen) atoms. The molecule has 2 aliphatic carbocycles. The van der Waals surface area contributed by atoms with Crippen molar-refractivity contribution in [1.29, 1.82) is 0 Å². The van der Waals surface area contributed by atoms with Crippen molar-refractivity contribution in [1.82, 2.24) is 4.90 Å². The number of halogens is 1. The highest BCUT2D eigenvalue weighted by Gasteiger charge is 2.70. The lowest BCUT2D eigenvalue weighted by atomic mass is 9.49. The molecule has 4 aliphatic rings. The first-order valence-electron chi connectivity index (χ1n) is 14.3. The highest BCUT2D eigenvalue weighted by atomic mass is 35.5. The number of fused-ring (bicyclic) bond motifs is 4. The second-order valence-electron chi connectivity index (χ2n) is 11.6. The molecule has 8 heteroatoms. The van der Waals surface area contributed by atoms with Crippen LogP contribution >= 0.6 is 11.6 Å². The van der Waals surface area contributed by atoms with Gasteiger partial charge in [0.2, 0.25) is 23.6 Å². The van der Waals surface area contributed by atoms with E-state index in [2.05, 4.69) is 0 Å². The number of amides is 4. The molecular formula is C34H29ClN2O5. The lowest BCUT2D eigenvalue weighted by molar-refractivity contribution is -0.140. The summed E-state index contributed by atoms with van der Waals surface area (Å²) in [5.41, 5.74) is 1.44. The summed E-state index contributed by atoms with van der Waals surface area (Å²) in [6, 6.07) is 22.8. The minimum Gasteiger partial charge on any atom is -0.508 e. The Hall–Kier alpha value is -4.23. The SMILES string of the molecule is CCN1C(=O)C2CC=C3C(CC4C(=O)N(c5cccc(Cl)c5)C(=O)C4(c4ccccc4)C3c3ccc(O)cc3)C2C1=O. The van der Waals surface area contributed by atoms with E-state index in [0.717, 1.165) is 11.1 Å². The van der Waals surface area contributed by atoms with Gasteiger partial charge in [0.05, 0.1) is 28.9 Å². The Labute approximate surface area is 248 Å². The molecule has 1 N–H and O–H groups in total. The van der Waals surface area contributed by atoms with Crippen molar-refractivity contribution in [2.45, 2.75) is 31.1 Å². The fourth-order valence-corrected chi connectivity index (χ4v) is 8.35. The Bertz CT molecular complexity index is 1670. The van der Waals surface area contributed by atoms with Crippen LogP contribution in [0.15, 0.2) is 90.5 Å². The van der Waals surface area contributed by atoms with E-state index in [1.165, 1.54) is 9.80 Å². The standard InChI is InChI=1S/C34H29ClN2O5/c1-2-36-30(39)25-16-15-24-26(28(25)32(36)41)18-27-31(40)37(22-10-6-9-21(35)17-22)33(42)34(27,20-7-4-3-5-8-20)29(24)19-11-13-23(38)14-12-19/h3-15,17,25-29,38H,2,16,18H2,1H3. The van der Waals surface area contributed by atoms with Crippen LogP contribution in [0.5, 0.6) is 5.75 Å². The summed E-state index contributed by atoms with van der Waals surface area (Å²) in [5.74, 6) is -3.86. The molecule has 7 rings (SSSR count). The van der Waals surface area contributed by atoms with Crippen LogP contribution in [0.1, 0.15) is 36.8 Å². The van der Waals surface area contributed by atoms with Gasteiger partial charge < -0.3 is 5.11 Å². The molecule has 4 amide bonds. The molecule has 7 nitrogen and oxygen atoms in total. The van der Waals surface area contributed by atoms with Crippen molar-refractivity contribution in [3.8, 4) is 5.75 Å². The topological polar surface area (TPSA) is 95.0 Å². The van der Waals surface area contributed by atoms with Gasteiger partial charge in [-0.2, -0.15) is 0 Å². The third-order valence-electron chi connectivity index (χ3n) is 9.80. The summed E-state index contributed by atoms with van der Waals surface area (Å²) >= 11 is 6.32. The zero-order valence-electron chi connectivity index (χ0n) is 22.9. The van der Waals surface area contributed by atoms with Crippen molar-refractivity contribution in [3.63, 3.8) is 0 Å². The summed E-state index contributed by atoms with van der Waals surface area (Å²) in [6.45, 7) is 2.09. The fourth-order valence-electron chi connectivity index (χ4n) is 8.16. The zero-order chi connectivity index (χ0) is 29.3. The van der Waals surface area contributed by atoms with Gasteiger partial charge in [0, 0.05) is 17.5 Å². The van der Waals surface area contributed by atoms with Crippen molar-refractivity contribution < 1.29 is 24.3 Å². The molecule has 3 fully saturated rings. The van der Waals surface area contributed by atoms with E-state index < -0.39 is 35.0 Å². The second-order valence-corrected chi connectivity index (χ2v) is 12.0. The van der Waals surface area contributed by atoms with E-state index >= 15 is 4.79 Å². The molecule has 0 aromatic heterocycles. The van der Waals surface area contributed by atoms with Crippen LogP contribution in [0.2, 0.25) is 5.02 Å². The quantitative estimate of drug-likeness (QED) is 0.337. The van der Waals surface area contributed by atoms with Gasteiger partial charge in [-0.1, -0.05) is 71.8 Å². The van der Waals surface area contributed by atoms with Gasteiger partial charge in [0.25, 0.3) is 0 Å². The molecule has 0 radical (unpaired) electrons. The Balaban J connectivity index is 1.50. The van der Waals surface area contributed by atoms with Crippen molar-refractivity contribution in [3.05, 3.63) is 107 Å². The summed E-state index contributed by atoms with van der Waals surface area (Å²) in [7, 11) is 0. The summed E-state index contributed by atoms with van der Waals surface area (Å²) in [5, 5.41) is 10.6. The summed E-state index contributed by atoms with van der Waals surface area (Å²) < 4.78 is 0. The number of allylic oxidation sites excluding steroid dienone is 2. The van der Waals surface area contributed by atoms with Crippen molar-refractivity contribution in [2.75, 3.05) is 11.4 Å². The minimum absolute atomic E-state index is 0.0821. The van der Waals surface area contributed by atoms with E-state index in [0.29, 0.717) is 29.2 Å². The van der Waals surface area contributed by atoms with Crippen LogP contribution in [0, 0.1) is 23.7 Å². The number of hydrogen-bond donors (Lipinski definition) is 1. The molecular weight excluding hydrogens is 552 g/mol. The largest absolute Gasteiger partial charge is 0.508 e. The maximum absolute atomic E-state index is 15.0. The Morgan fingerprint density at radius 1 is 0.881 bits per heavy atom. The van der Waals surface area contributed by atoms with Crippen LogP contribution in [-0.2, 0) is 24.6 Å². The van der Waals surface area contributed by atoms with Gasteiger partial charge in [-0.3, -0.25) is 24.1 Å². The lowest BCUT2D eigenvalue weighted by Crippen LogP contribution is -2.53. The van der Waals surface area contributed by atoms with Gasteiger partial charge >= 0.3 is 0 Å². The van der Waals surface area contributed by atoms with Gasteiger partial charge in [-0.15, -0.1) is 0 Å². The second kappa shape index (κ2) is 9.66. The first-order chi connectivity index (χ1) is 20.3. The monoisotopic (exact) mass is 580 g/mol. The van der Waals surface area contributed by atoms with Gasteiger partial charge in [0.15, 0.2) is 0 Å². The van der Waals surface area contributed by atoms with Crippen molar-refractivity contribution in [2.24, 2.45) is 23.7 Å². The predicted molar refractivity (Wildman–Crippen MR) is 157 cm³/mol. The Morgan fingerprint density at radius 3 is 2.31 bits per heavy atom. The molecule has 2 heterocycles. The highest BCUT2D eigenvalue weighted by molar-refractivity contribution is 6.32. The fraction of sp³-hybridized carbons (Fsp3) is 0.294.